The van der Waals surface area contributed by atoms with Crippen molar-refractivity contribution >= 4 is 11.9 Å². The standard InChI is InChI=1S/C10H16N4O3/c1-4-7-12-9(14-13-7)10(16)11-6(2)5-8(15)17-3/h6H,4-5H2,1-3H3,(H,11,16)(H,12,13,14). The summed E-state index contributed by atoms with van der Waals surface area (Å²) in [7, 11) is 1.31. The van der Waals surface area contributed by atoms with Gasteiger partial charge in [0.15, 0.2) is 0 Å². The first-order valence-corrected chi connectivity index (χ1v) is 5.35. The summed E-state index contributed by atoms with van der Waals surface area (Å²) in [6.07, 6.45) is 0.797. The zero-order valence-electron chi connectivity index (χ0n) is 10.1. The van der Waals surface area contributed by atoms with Gasteiger partial charge in [-0.05, 0) is 6.92 Å². The lowest BCUT2D eigenvalue weighted by Crippen LogP contribution is -2.35. The number of aryl methyl sites for hydroxylation is 1. The first-order valence-electron chi connectivity index (χ1n) is 5.35. The third-order valence-corrected chi connectivity index (χ3v) is 2.15. The summed E-state index contributed by atoms with van der Waals surface area (Å²) in [5, 5.41) is 9.04. The molecule has 0 fully saturated rings. The molecule has 0 radical (unpaired) electrons. The number of hydrogen-bond acceptors (Lipinski definition) is 5. The van der Waals surface area contributed by atoms with E-state index >= 15 is 0 Å². The van der Waals surface area contributed by atoms with E-state index in [4.69, 9.17) is 0 Å². The average Bonchev–Trinajstić information content (AvgIpc) is 2.77. The lowest BCUT2D eigenvalue weighted by molar-refractivity contribution is -0.141. The molecule has 1 aromatic heterocycles. The molecule has 1 amide bonds. The molecular formula is C10H16N4O3. The normalized spacial score (nSPS) is 11.9. The highest BCUT2D eigenvalue weighted by molar-refractivity contribution is 5.90. The van der Waals surface area contributed by atoms with Crippen molar-refractivity contribution < 1.29 is 14.3 Å². The summed E-state index contributed by atoms with van der Waals surface area (Å²) in [6.45, 7) is 3.62. The van der Waals surface area contributed by atoms with E-state index in [0.717, 1.165) is 0 Å². The van der Waals surface area contributed by atoms with Gasteiger partial charge in [-0.1, -0.05) is 6.92 Å². The largest absolute Gasteiger partial charge is 0.469 e. The number of H-pyrrole nitrogens is 1. The number of carbonyl (C=O) groups is 2. The van der Waals surface area contributed by atoms with Crippen LogP contribution >= 0.6 is 0 Å². The molecule has 0 saturated heterocycles. The number of rotatable bonds is 5. The summed E-state index contributed by atoms with van der Waals surface area (Å²) < 4.78 is 4.50. The van der Waals surface area contributed by atoms with Crippen LogP contribution < -0.4 is 5.32 Å². The van der Waals surface area contributed by atoms with Crippen molar-refractivity contribution in [2.75, 3.05) is 7.11 Å². The molecule has 0 bridgehead atoms. The average molecular weight is 240 g/mol. The quantitative estimate of drug-likeness (QED) is 0.709. The van der Waals surface area contributed by atoms with Crippen molar-refractivity contribution in [2.24, 2.45) is 0 Å². The number of aromatic nitrogens is 3. The number of carbonyl (C=O) groups excluding carboxylic acids is 2. The molecule has 1 atom stereocenters. The zero-order chi connectivity index (χ0) is 12.8. The summed E-state index contributed by atoms with van der Waals surface area (Å²) in [5.74, 6) is -0.0475. The van der Waals surface area contributed by atoms with E-state index in [1.54, 1.807) is 6.92 Å². The van der Waals surface area contributed by atoms with Crippen molar-refractivity contribution in [2.45, 2.75) is 32.7 Å². The van der Waals surface area contributed by atoms with Gasteiger partial charge in [0.2, 0.25) is 5.82 Å². The second-order valence-electron chi connectivity index (χ2n) is 3.61. The van der Waals surface area contributed by atoms with Gasteiger partial charge in [0, 0.05) is 12.5 Å². The molecule has 0 aliphatic heterocycles. The third kappa shape index (κ3) is 3.86. The Balaban J connectivity index is 2.51. The molecule has 0 saturated carbocycles. The van der Waals surface area contributed by atoms with Gasteiger partial charge in [-0.15, -0.1) is 5.10 Å². The Morgan fingerprint density at radius 3 is 2.76 bits per heavy atom. The molecule has 2 N–H and O–H groups in total. The van der Waals surface area contributed by atoms with Crippen LogP contribution in [0.2, 0.25) is 0 Å². The SMILES string of the molecule is CCc1nc(C(=O)NC(C)CC(=O)OC)n[nH]1. The zero-order valence-corrected chi connectivity index (χ0v) is 10.1. The summed E-state index contributed by atoms with van der Waals surface area (Å²) in [4.78, 5) is 26.6. The fourth-order valence-electron chi connectivity index (χ4n) is 1.23. The highest BCUT2D eigenvalue weighted by Gasteiger charge is 2.16. The second-order valence-corrected chi connectivity index (χ2v) is 3.61. The maximum absolute atomic E-state index is 11.6. The van der Waals surface area contributed by atoms with Crippen LogP contribution in [-0.2, 0) is 16.0 Å². The molecule has 0 aliphatic rings. The number of amides is 1. The fraction of sp³-hybridized carbons (Fsp3) is 0.600. The first-order chi connectivity index (χ1) is 8.06. The predicted molar refractivity (Wildman–Crippen MR) is 59.3 cm³/mol. The molecule has 0 aliphatic carbocycles. The van der Waals surface area contributed by atoms with Gasteiger partial charge in [-0.2, -0.15) is 0 Å². The number of nitrogens with zero attached hydrogens (tertiary/aromatic N) is 2. The van der Waals surface area contributed by atoms with Gasteiger partial charge in [0.25, 0.3) is 5.91 Å². The monoisotopic (exact) mass is 240 g/mol. The van der Waals surface area contributed by atoms with Crippen molar-refractivity contribution in [1.82, 2.24) is 20.5 Å². The molecule has 7 heteroatoms. The van der Waals surface area contributed by atoms with Gasteiger partial charge >= 0.3 is 5.97 Å². The van der Waals surface area contributed by atoms with Crippen LogP contribution in [0.1, 0.15) is 36.7 Å². The Morgan fingerprint density at radius 1 is 1.53 bits per heavy atom. The third-order valence-electron chi connectivity index (χ3n) is 2.15. The minimum Gasteiger partial charge on any atom is -0.469 e. The second kappa shape index (κ2) is 5.97. The first kappa shape index (κ1) is 13.1. The number of esters is 1. The van der Waals surface area contributed by atoms with E-state index in [1.807, 2.05) is 6.92 Å². The highest BCUT2D eigenvalue weighted by atomic mass is 16.5. The van der Waals surface area contributed by atoms with E-state index in [-0.39, 0.29) is 24.3 Å². The predicted octanol–water partition coefficient (Wildman–Crippen LogP) is 0.0485. The van der Waals surface area contributed by atoms with Gasteiger partial charge in [0.05, 0.1) is 13.5 Å². The van der Waals surface area contributed by atoms with Gasteiger partial charge in [0.1, 0.15) is 5.82 Å². The summed E-state index contributed by atoms with van der Waals surface area (Å²) >= 11 is 0. The molecular weight excluding hydrogens is 224 g/mol. The number of methoxy groups -OCH3 is 1. The minimum absolute atomic E-state index is 0.0820. The van der Waals surface area contributed by atoms with Gasteiger partial charge < -0.3 is 10.1 Å². The maximum Gasteiger partial charge on any atom is 0.307 e. The van der Waals surface area contributed by atoms with Crippen molar-refractivity contribution in [3.63, 3.8) is 0 Å². The van der Waals surface area contributed by atoms with Gasteiger partial charge in [-0.3, -0.25) is 14.7 Å². The maximum atomic E-state index is 11.6. The van der Waals surface area contributed by atoms with Crippen LogP contribution in [0.5, 0.6) is 0 Å². The van der Waals surface area contributed by atoms with E-state index < -0.39 is 5.91 Å². The topological polar surface area (TPSA) is 97.0 Å². The smallest absolute Gasteiger partial charge is 0.307 e. The molecule has 1 unspecified atom stereocenters. The lowest BCUT2D eigenvalue weighted by atomic mass is 10.2. The Labute approximate surface area is 99.0 Å². The van der Waals surface area contributed by atoms with Crippen molar-refractivity contribution in [3.8, 4) is 0 Å². The lowest BCUT2D eigenvalue weighted by Gasteiger charge is -2.10. The van der Waals surface area contributed by atoms with Crippen molar-refractivity contribution in [3.05, 3.63) is 11.6 Å². The van der Waals surface area contributed by atoms with Crippen LogP contribution in [0.3, 0.4) is 0 Å². The van der Waals surface area contributed by atoms with E-state index in [2.05, 4.69) is 25.2 Å². The molecule has 7 nitrogen and oxygen atoms in total. The molecule has 1 heterocycles. The Bertz CT molecular complexity index is 402. The number of aromatic amines is 1. The number of hydrogen-bond donors (Lipinski definition) is 2. The van der Waals surface area contributed by atoms with Crippen LogP contribution in [0.4, 0.5) is 0 Å². The molecule has 17 heavy (non-hydrogen) atoms. The Hall–Kier alpha value is -1.92. The Kier molecular flexibility index (Phi) is 4.62. The van der Waals surface area contributed by atoms with E-state index in [9.17, 15) is 9.59 Å². The van der Waals surface area contributed by atoms with Gasteiger partial charge in [-0.25, -0.2) is 4.98 Å². The molecule has 1 aromatic rings. The van der Waals surface area contributed by atoms with E-state index in [0.29, 0.717) is 12.2 Å². The van der Waals surface area contributed by atoms with Crippen molar-refractivity contribution in [1.29, 1.82) is 0 Å². The Morgan fingerprint density at radius 2 is 2.24 bits per heavy atom. The molecule has 0 aromatic carbocycles. The van der Waals surface area contributed by atoms with Crippen LogP contribution in [0, 0.1) is 0 Å². The number of nitrogens with one attached hydrogen (secondary N) is 2. The van der Waals surface area contributed by atoms with E-state index in [1.165, 1.54) is 7.11 Å². The molecule has 94 valence electrons. The van der Waals surface area contributed by atoms with Crippen LogP contribution in [0.15, 0.2) is 0 Å². The van der Waals surface area contributed by atoms with Crippen LogP contribution in [0.25, 0.3) is 0 Å². The van der Waals surface area contributed by atoms with Crippen LogP contribution in [-0.4, -0.2) is 40.2 Å². The number of ether oxygens (including phenoxy) is 1. The highest BCUT2D eigenvalue weighted by Crippen LogP contribution is 1.97. The molecule has 1 rings (SSSR count). The summed E-state index contributed by atoms with van der Waals surface area (Å²) in [6, 6.07) is -0.321. The molecule has 0 spiro atoms. The minimum atomic E-state index is -0.405. The fourth-order valence-corrected chi connectivity index (χ4v) is 1.23. The summed E-state index contributed by atoms with van der Waals surface area (Å²) in [5.41, 5.74) is 0.